The Balaban J connectivity index is 0.00000108. The van der Waals surface area contributed by atoms with Crippen LogP contribution in [0.25, 0.3) is 10.9 Å². The molecule has 0 spiro atoms. The van der Waals surface area contributed by atoms with Crippen molar-refractivity contribution in [3.05, 3.63) is 35.5 Å². The van der Waals surface area contributed by atoms with E-state index in [4.69, 9.17) is 0 Å². The number of aromatic amines is 1. The molecule has 4 heteroatoms. The number of hydrogen-bond donors (Lipinski definition) is 2. The number of amidine groups is 1. The molecule has 1 aromatic heterocycles. The van der Waals surface area contributed by atoms with Crippen LogP contribution in [0.5, 0.6) is 0 Å². The number of aryl methyl sites for hydroxylation is 1. The van der Waals surface area contributed by atoms with Crippen molar-refractivity contribution >= 4 is 29.1 Å². The van der Waals surface area contributed by atoms with Gasteiger partial charge in [0, 0.05) is 29.6 Å². The molecule has 0 aliphatic carbocycles. The van der Waals surface area contributed by atoms with Crippen LogP contribution in [-0.4, -0.2) is 23.9 Å². The van der Waals surface area contributed by atoms with Gasteiger partial charge < -0.3 is 10.3 Å². The average Bonchev–Trinajstić information content (AvgIpc) is 2.89. The number of nitrogens with one attached hydrogen (secondary N) is 2. The van der Waals surface area contributed by atoms with Gasteiger partial charge in [-0.25, -0.2) is 0 Å². The number of H-pyrrole nitrogens is 1. The number of halogens is 1. The van der Waals surface area contributed by atoms with Gasteiger partial charge in [0.05, 0.1) is 6.54 Å². The second-order valence-electron chi connectivity index (χ2n) is 4.21. The van der Waals surface area contributed by atoms with Gasteiger partial charge in [-0.15, -0.1) is 12.4 Å². The second kappa shape index (κ2) is 4.80. The minimum absolute atomic E-state index is 0. The summed E-state index contributed by atoms with van der Waals surface area (Å²) in [5, 5.41) is 4.64. The summed E-state index contributed by atoms with van der Waals surface area (Å²) in [6.45, 7) is 4.03. The summed E-state index contributed by atoms with van der Waals surface area (Å²) < 4.78 is 0. The van der Waals surface area contributed by atoms with Crippen molar-refractivity contribution in [2.24, 2.45) is 4.99 Å². The number of nitrogens with zero attached hydrogens (tertiary/aromatic N) is 1. The molecule has 2 aromatic rings. The molecule has 0 saturated heterocycles. The molecule has 0 atom stereocenters. The highest BCUT2D eigenvalue weighted by molar-refractivity contribution is 5.92. The molecular weight excluding hydrogens is 234 g/mol. The van der Waals surface area contributed by atoms with Gasteiger partial charge in [0.2, 0.25) is 0 Å². The highest BCUT2D eigenvalue weighted by Gasteiger charge is 2.12. The number of hydrogen-bond acceptors (Lipinski definition) is 2. The number of rotatable bonds is 2. The molecule has 1 aliphatic rings. The van der Waals surface area contributed by atoms with Gasteiger partial charge in [-0.1, -0.05) is 18.2 Å². The minimum Gasteiger partial charge on any atom is -0.372 e. The number of benzene rings is 1. The zero-order valence-electron chi connectivity index (χ0n) is 9.79. The Labute approximate surface area is 107 Å². The van der Waals surface area contributed by atoms with Crippen LogP contribution in [0.1, 0.15) is 11.3 Å². The van der Waals surface area contributed by atoms with E-state index in [-0.39, 0.29) is 12.4 Å². The van der Waals surface area contributed by atoms with Crippen LogP contribution in [0.3, 0.4) is 0 Å². The first-order valence-electron chi connectivity index (χ1n) is 5.68. The van der Waals surface area contributed by atoms with E-state index in [1.54, 1.807) is 0 Å². The molecule has 2 N–H and O–H groups in total. The summed E-state index contributed by atoms with van der Waals surface area (Å²) in [4.78, 5) is 7.87. The number of para-hydroxylation sites is 1. The summed E-state index contributed by atoms with van der Waals surface area (Å²) in [5.41, 5.74) is 3.83. The smallest absolute Gasteiger partial charge is 0.101 e. The highest BCUT2D eigenvalue weighted by Crippen LogP contribution is 2.22. The average molecular weight is 250 g/mol. The standard InChI is InChI=1S/C13H15N3.ClH/c1-9-11(8-13-14-6-7-15-13)10-4-2-3-5-12(10)16-9;/h2-5,16H,6-8H2,1H3,(H,14,15);1H. The quantitative estimate of drug-likeness (QED) is 0.843. The lowest BCUT2D eigenvalue weighted by Crippen LogP contribution is -2.20. The van der Waals surface area contributed by atoms with Gasteiger partial charge in [-0.3, -0.25) is 4.99 Å². The van der Waals surface area contributed by atoms with Crippen molar-refractivity contribution in [3.63, 3.8) is 0 Å². The number of aliphatic imine (C=N–C) groups is 1. The van der Waals surface area contributed by atoms with E-state index in [0.29, 0.717) is 0 Å². The van der Waals surface area contributed by atoms with Crippen molar-refractivity contribution in [2.45, 2.75) is 13.3 Å². The molecular formula is C13H16ClN3. The number of aromatic nitrogens is 1. The fraction of sp³-hybridized carbons (Fsp3) is 0.308. The summed E-state index contributed by atoms with van der Waals surface area (Å²) >= 11 is 0. The fourth-order valence-electron chi connectivity index (χ4n) is 2.30. The van der Waals surface area contributed by atoms with Crippen molar-refractivity contribution in [1.82, 2.24) is 10.3 Å². The normalized spacial score (nSPS) is 14.3. The highest BCUT2D eigenvalue weighted by atomic mass is 35.5. The summed E-state index contributed by atoms with van der Waals surface area (Å²) in [7, 11) is 0. The van der Waals surface area contributed by atoms with Crippen LogP contribution < -0.4 is 5.32 Å². The minimum atomic E-state index is 0. The van der Waals surface area contributed by atoms with Crippen molar-refractivity contribution in [3.8, 4) is 0 Å². The topological polar surface area (TPSA) is 40.2 Å². The zero-order valence-corrected chi connectivity index (χ0v) is 10.6. The summed E-state index contributed by atoms with van der Waals surface area (Å²) in [6.07, 6.45) is 0.913. The molecule has 0 fully saturated rings. The maximum absolute atomic E-state index is 4.45. The molecule has 0 radical (unpaired) electrons. The SMILES string of the molecule is Cc1[nH]c2ccccc2c1CC1=NCCN1.Cl. The largest absolute Gasteiger partial charge is 0.372 e. The van der Waals surface area contributed by atoms with Crippen molar-refractivity contribution in [2.75, 3.05) is 13.1 Å². The predicted molar refractivity (Wildman–Crippen MR) is 74.3 cm³/mol. The molecule has 0 bridgehead atoms. The van der Waals surface area contributed by atoms with Crippen LogP contribution >= 0.6 is 12.4 Å². The van der Waals surface area contributed by atoms with Crippen LogP contribution in [-0.2, 0) is 6.42 Å². The molecule has 1 aromatic carbocycles. The van der Waals surface area contributed by atoms with E-state index < -0.39 is 0 Å². The Hall–Kier alpha value is -1.48. The molecule has 3 rings (SSSR count). The maximum Gasteiger partial charge on any atom is 0.101 e. The van der Waals surface area contributed by atoms with Gasteiger partial charge in [0.25, 0.3) is 0 Å². The monoisotopic (exact) mass is 249 g/mol. The first-order chi connectivity index (χ1) is 7.84. The van der Waals surface area contributed by atoms with Crippen molar-refractivity contribution in [1.29, 1.82) is 0 Å². The van der Waals surface area contributed by atoms with Crippen LogP contribution in [0.4, 0.5) is 0 Å². The van der Waals surface area contributed by atoms with E-state index in [0.717, 1.165) is 25.3 Å². The molecule has 0 unspecified atom stereocenters. The summed E-state index contributed by atoms with van der Waals surface area (Å²) in [5.74, 6) is 1.12. The van der Waals surface area contributed by atoms with Gasteiger partial charge in [0.15, 0.2) is 0 Å². The fourth-order valence-corrected chi connectivity index (χ4v) is 2.30. The van der Waals surface area contributed by atoms with Gasteiger partial charge in [0.1, 0.15) is 5.84 Å². The third-order valence-corrected chi connectivity index (χ3v) is 3.11. The molecule has 0 amide bonds. The summed E-state index contributed by atoms with van der Waals surface area (Å²) in [6, 6.07) is 8.44. The van der Waals surface area contributed by atoms with E-state index in [1.807, 2.05) is 0 Å². The molecule has 1 aliphatic heterocycles. The third kappa shape index (κ3) is 2.15. The molecule has 90 valence electrons. The van der Waals surface area contributed by atoms with E-state index in [1.165, 1.54) is 22.2 Å². The molecule has 3 nitrogen and oxygen atoms in total. The van der Waals surface area contributed by atoms with E-state index in [2.05, 4.69) is 46.5 Å². The molecule has 0 saturated carbocycles. The first-order valence-corrected chi connectivity index (χ1v) is 5.68. The van der Waals surface area contributed by atoms with Gasteiger partial charge in [-0.05, 0) is 18.6 Å². The van der Waals surface area contributed by atoms with E-state index >= 15 is 0 Å². The lowest BCUT2D eigenvalue weighted by Gasteiger charge is -2.02. The second-order valence-corrected chi connectivity index (χ2v) is 4.21. The van der Waals surface area contributed by atoms with Crippen LogP contribution in [0, 0.1) is 6.92 Å². The molecule has 2 heterocycles. The molecule has 17 heavy (non-hydrogen) atoms. The van der Waals surface area contributed by atoms with Crippen molar-refractivity contribution < 1.29 is 0 Å². The zero-order chi connectivity index (χ0) is 11.0. The third-order valence-electron chi connectivity index (χ3n) is 3.11. The van der Waals surface area contributed by atoms with Gasteiger partial charge in [-0.2, -0.15) is 0 Å². The van der Waals surface area contributed by atoms with Crippen LogP contribution in [0.2, 0.25) is 0 Å². The Morgan fingerprint density at radius 2 is 2.12 bits per heavy atom. The lowest BCUT2D eigenvalue weighted by molar-refractivity contribution is 0.953. The lowest BCUT2D eigenvalue weighted by atomic mass is 10.1. The van der Waals surface area contributed by atoms with E-state index in [9.17, 15) is 0 Å². The Bertz CT molecular complexity index is 557. The Kier molecular flexibility index (Phi) is 3.38. The van der Waals surface area contributed by atoms with Gasteiger partial charge >= 0.3 is 0 Å². The maximum atomic E-state index is 4.45. The predicted octanol–water partition coefficient (Wildman–Crippen LogP) is 2.44. The Morgan fingerprint density at radius 1 is 1.29 bits per heavy atom. The number of fused-ring (bicyclic) bond motifs is 1. The van der Waals surface area contributed by atoms with Crippen LogP contribution in [0.15, 0.2) is 29.3 Å². The first kappa shape index (κ1) is 12.0. The Morgan fingerprint density at radius 3 is 2.88 bits per heavy atom.